The minimum absolute atomic E-state index is 0.170. The Balaban J connectivity index is 1.40. The van der Waals surface area contributed by atoms with E-state index in [1.807, 2.05) is 6.20 Å². The lowest BCUT2D eigenvalue weighted by Gasteiger charge is -2.27. The molecule has 1 saturated heterocycles. The summed E-state index contributed by atoms with van der Waals surface area (Å²) in [4.78, 5) is 14.9. The first-order valence-electron chi connectivity index (χ1n) is 14.9. The van der Waals surface area contributed by atoms with Gasteiger partial charge in [0, 0.05) is 55.1 Å². The molecule has 1 unspecified atom stereocenters. The van der Waals surface area contributed by atoms with Gasteiger partial charge < -0.3 is 19.9 Å². The third kappa shape index (κ3) is 6.38. The zero-order valence-electron chi connectivity index (χ0n) is 23.6. The van der Waals surface area contributed by atoms with Crippen LogP contribution in [-0.4, -0.2) is 74.3 Å². The van der Waals surface area contributed by atoms with Gasteiger partial charge in [-0.25, -0.2) is 4.98 Å². The maximum absolute atomic E-state index is 10.1. The SMILES string of the molecule is CCCC(C)Nc1ncc2c(-c3ccc(CN4CCCN(CC)CC4)cc3)cn(C3CCC(O)CC3)c2n1. The molecular weight excluding hydrogens is 472 g/mol. The number of benzene rings is 1. The average molecular weight is 519 g/mol. The minimum atomic E-state index is -0.170. The second-order valence-corrected chi connectivity index (χ2v) is 11.4. The van der Waals surface area contributed by atoms with Crippen LogP contribution in [0.15, 0.2) is 36.7 Å². The fourth-order valence-electron chi connectivity index (χ4n) is 6.22. The Morgan fingerprint density at radius 2 is 1.74 bits per heavy atom. The quantitative estimate of drug-likeness (QED) is 0.379. The molecule has 1 atom stereocenters. The van der Waals surface area contributed by atoms with Gasteiger partial charge in [-0.2, -0.15) is 4.98 Å². The number of fused-ring (bicyclic) bond motifs is 1. The first-order chi connectivity index (χ1) is 18.5. The minimum Gasteiger partial charge on any atom is -0.393 e. The second-order valence-electron chi connectivity index (χ2n) is 11.4. The Morgan fingerprint density at radius 3 is 2.47 bits per heavy atom. The van der Waals surface area contributed by atoms with E-state index in [0.29, 0.717) is 18.0 Å². The standard InChI is InChI=1S/C31H46N6O/c1-4-7-23(3)33-31-32-20-28-29(22-37(30(28)34-31)26-12-14-27(38)15-13-26)25-10-8-24(9-11-25)21-36-17-6-16-35(5-2)18-19-36/h8-11,20,22-23,26-27,38H,4-7,12-19,21H2,1-3H3,(H,32,33,34). The van der Waals surface area contributed by atoms with Crippen LogP contribution < -0.4 is 5.32 Å². The third-order valence-corrected chi connectivity index (χ3v) is 8.53. The second kappa shape index (κ2) is 12.6. The van der Waals surface area contributed by atoms with E-state index in [4.69, 9.17) is 9.97 Å². The van der Waals surface area contributed by atoms with E-state index >= 15 is 0 Å². The molecule has 0 radical (unpaired) electrons. The molecule has 2 aromatic heterocycles. The molecule has 0 bridgehead atoms. The molecule has 2 aliphatic rings. The summed E-state index contributed by atoms with van der Waals surface area (Å²) < 4.78 is 2.36. The molecule has 2 fully saturated rings. The van der Waals surface area contributed by atoms with Gasteiger partial charge in [0.15, 0.2) is 0 Å². The zero-order valence-corrected chi connectivity index (χ0v) is 23.6. The fourth-order valence-corrected chi connectivity index (χ4v) is 6.22. The van der Waals surface area contributed by atoms with Gasteiger partial charge in [0.25, 0.3) is 0 Å². The van der Waals surface area contributed by atoms with Crippen LogP contribution in [0.3, 0.4) is 0 Å². The summed E-state index contributed by atoms with van der Waals surface area (Å²) in [5.74, 6) is 0.703. The fraction of sp³-hybridized carbons (Fsp3) is 0.613. The van der Waals surface area contributed by atoms with E-state index in [2.05, 4.69) is 70.9 Å². The Bertz CT molecular complexity index is 1170. The van der Waals surface area contributed by atoms with Crippen molar-refractivity contribution in [3.8, 4) is 11.1 Å². The topological polar surface area (TPSA) is 69.5 Å². The van der Waals surface area contributed by atoms with Crippen LogP contribution in [-0.2, 0) is 6.54 Å². The number of aromatic nitrogens is 3. The number of nitrogens with one attached hydrogen (secondary N) is 1. The van der Waals surface area contributed by atoms with Crippen LogP contribution in [0.5, 0.6) is 0 Å². The van der Waals surface area contributed by atoms with Crippen LogP contribution in [0.2, 0.25) is 0 Å². The number of aliphatic hydroxyl groups excluding tert-OH is 1. The molecule has 3 aromatic rings. The third-order valence-electron chi connectivity index (χ3n) is 8.53. The summed E-state index contributed by atoms with van der Waals surface area (Å²) >= 11 is 0. The van der Waals surface area contributed by atoms with Crippen molar-refractivity contribution in [1.29, 1.82) is 0 Å². The molecular formula is C31H46N6O. The van der Waals surface area contributed by atoms with Gasteiger partial charge in [-0.3, -0.25) is 4.90 Å². The van der Waals surface area contributed by atoms with Crippen molar-refractivity contribution in [3.63, 3.8) is 0 Å². The van der Waals surface area contributed by atoms with Crippen molar-refractivity contribution >= 4 is 17.0 Å². The van der Waals surface area contributed by atoms with Crippen LogP contribution in [0.25, 0.3) is 22.2 Å². The van der Waals surface area contributed by atoms with Gasteiger partial charge in [-0.05, 0) is 76.2 Å². The normalized spacial score (nSPS) is 22.4. The molecule has 3 heterocycles. The van der Waals surface area contributed by atoms with Crippen molar-refractivity contribution in [2.24, 2.45) is 0 Å². The molecule has 1 aliphatic carbocycles. The molecule has 0 amide bonds. The summed E-state index contributed by atoms with van der Waals surface area (Å²) in [7, 11) is 0. The van der Waals surface area contributed by atoms with Crippen molar-refractivity contribution < 1.29 is 5.11 Å². The predicted octanol–water partition coefficient (Wildman–Crippen LogP) is 5.70. The van der Waals surface area contributed by atoms with Crippen LogP contribution >= 0.6 is 0 Å². The maximum atomic E-state index is 10.1. The Hall–Kier alpha value is -2.48. The highest BCUT2D eigenvalue weighted by Crippen LogP contribution is 2.37. The van der Waals surface area contributed by atoms with Crippen molar-refractivity contribution in [3.05, 3.63) is 42.2 Å². The Labute approximate surface area is 228 Å². The number of hydrogen-bond acceptors (Lipinski definition) is 6. The number of nitrogens with zero attached hydrogens (tertiary/aromatic N) is 5. The first-order valence-corrected chi connectivity index (χ1v) is 14.9. The van der Waals surface area contributed by atoms with Crippen molar-refractivity contribution in [2.75, 3.05) is 38.0 Å². The first kappa shape index (κ1) is 27.1. The van der Waals surface area contributed by atoms with Crippen LogP contribution in [0.4, 0.5) is 5.95 Å². The number of likely N-dealkylation sites (N-methyl/N-ethyl adjacent to an activating group) is 1. The van der Waals surface area contributed by atoms with Crippen molar-refractivity contribution in [2.45, 2.75) is 90.4 Å². The summed E-state index contributed by atoms with van der Waals surface area (Å²) in [6, 6.07) is 9.82. The summed E-state index contributed by atoms with van der Waals surface area (Å²) in [5.41, 5.74) is 4.78. The number of anilines is 1. The van der Waals surface area contributed by atoms with Gasteiger partial charge in [-0.15, -0.1) is 0 Å². The van der Waals surface area contributed by atoms with Gasteiger partial charge >= 0.3 is 0 Å². The van der Waals surface area contributed by atoms with E-state index in [1.165, 1.54) is 42.7 Å². The van der Waals surface area contributed by atoms with E-state index in [1.54, 1.807) is 0 Å². The highest BCUT2D eigenvalue weighted by Gasteiger charge is 2.24. The van der Waals surface area contributed by atoms with Gasteiger partial charge in [0.2, 0.25) is 5.95 Å². The van der Waals surface area contributed by atoms with Crippen LogP contribution in [0.1, 0.15) is 77.3 Å². The summed E-state index contributed by atoms with van der Waals surface area (Å²) in [5, 5.41) is 14.7. The van der Waals surface area contributed by atoms with E-state index < -0.39 is 0 Å². The summed E-state index contributed by atoms with van der Waals surface area (Å²) in [6.45, 7) is 13.5. The monoisotopic (exact) mass is 518 g/mol. The highest BCUT2D eigenvalue weighted by molar-refractivity contribution is 5.94. The molecule has 7 nitrogen and oxygen atoms in total. The predicted molar refractivity (Wildman–Crippen MR) is 156 cm³/mol. The smallest absolute Gasteiger partial charge is 0.224 e. The number of aliphatic hydroxyl groups is 1. The molecule has 1 saturated carbocycles. The Morgan fingerprint density at radius 1 is 1.00 bits per heavy atom. The molecule has 1 aromatic carbocycles. The zero-order chi connectivity index (χ0) is 26.5. The van der Waals surface area contributed by atoms with Gasteiger partial charge in [0.05, 0.1) is 6.10 Å². The lowest BCUT2D eigenvalue weighted by molar-refractivity contribution is 0.111. The van der Waals surface area contributed by atoms with Gasteiger partial charge in [-0.1, -0.05) is 44.5 Å². The van der Waals surface area contributed by atoms with E-state index in [-0.39, 0.29) is 6.10 Å². The summed E-state index contributed by atoms with van der Waals surface area (Å²) in [6.07, 6.45) is 11.2. The van der Waals surface area contributed by atoms with E-state index in [0.717, 1.165) is 69.2 Å². The molecule has 38 heavy (non-hydrogen) atoms. The van der Waals surface area contributed by atoms with Gasteiger partial charge in [0.1, 0.15) is 5.65 Å². The van der Waals surface area contributed by atoms with Crippen LogP contribution in [0, 0.1) is 0 Å². The molecule has 206 valence electrons. The largest absolute Gasteiger partial charge is 0.393 e. The molecule has 5 rings (SSSR count). The van der Waals surface area contributed by atoms with E-state index in [9.17, 15) is 5.11 Å². The maximum Gasteiger partial charge on any atom is 0.224 e. The highest BCUT2D eigenvalue weighted by atomic mass is 16.3. The molecule has 0 spiro atoms. The molecule has 1 aliphatic heterocycles. The molecule has 2 N–H and O–H groups in total. The number of rotatable bonds is 9. The Kier molecular flexibility index (Phi) is 8.97. The number of hydrogen-bond donors (Lipinski definition) is 2. The lowest BCUT2D eigenvalue weighted by atomic mass is 9.93. The van der Waals surface area contributed by atoms with Crippen molar-refractivity contribution in [1.82, 2.24) is 24.3 Å². The average Bonchev–Trinajstić information content (AvgIpc) is 3.14. The lowest BCUT2D eigenvalue weighted by Crippen LogP contribution is -2.30. The molecule has 7 heteroatoms.